The van der Waals surface area contributed by atoms with Crippen LogP contribution in [0.4, 0.5) is 0 Å². The third-order valence-electron chi connectivity index (χ3n) is 14.0. The number of aliphatic hydroxyl groups excluding tert-OH is 2. The van der Waals surface area contributed by atoms with Crippen molar-refractivity contribution in [3.63, 3.8) is 0 Å². The van der Waals surface area contributed by atoms with Crippen molar-refractivity contribution in [2.45, 2.75) is 164 Å². The Kier molecular flexibility index (Phi) is 14.5. The molecule has 3 N–H and O–H groups in total. The Bertz CT molecular complexity index is 1860. The van der Waals surface area contributed by atoms with Gasteiger partial charge in [-0.3, -0.25) is 4.79 Å². The highest BCUT2D eigenvalue weighted by molar-refractivity contribution is 5.78. The molecule has 15 heteroatoms. The predicted octanol–water partition coefficient (Wildman–Crippen LogP) is 4.53. The molecule has 7 aliphatic rings. The number of methoxy groups -OCH3 is 2. The lowest BCUT2D eigenvalue weighted by atomic mass is 9.71. The molecule has 0 unspecified atom stereocenters. The highest BCUT2D eigenvalue weighted by atomic mass is 16.7. The van der Waals surface area contributed by atoms with Gasteiger partial charge in [0.15, 0.2) is 18.4 Å². The van der Waals surface area contributed by atoms with Crippen molar-refractivity contribution in [1.82, 2.24) is 0 Å². The van der Waals surface area contributed by atoms with Gasteiger partial charge in [-0.1, -0.05) is 67.6 Å². The third kappa shape index (κ3) is 9.69. The first-order valence-corrected chi connectivity index (χ1v) is 22.5. The minimum absolute atomic E-state index is 0.0177. The molecule has 15 nitrogen and oxygen atoms in total. The Hall–Kier alpha value is -2.87. The molecule has 63 heavy (non-hydrogen) atoms. The van der Waals surface area contributed by atoms with Crippen LogP contribution in [0.25, 0.3) is 0 Å². The number of aliphatic hydroxyl groups is 3. The van der Waals surface area contributed by atoms with Crippen LogP contribution in [0.2, 0.25) is 0 Å². The van der Waals surface area contributed by atoms with E-state index in [0.717, 1.165) is 11.1 Å². The summed E-state index contributed by atoms with van der Waals surface area (Å²) in [4.78, 5) is 14.3. The number of benzene rings is 1. The molecule has 0 radical (unpaired) electrons. The van der Waals surface area contributed by atoms with Gasteiger partial charge in [0, 0.05) is 45.8 Å². The van der Waals surface area contributed by atoms with Gasteiger partial charge in [0.05, 0.1) is 49.8 Å². The molecular weight excluding hydrogens is 817 g/mol. The van der Waals surface area contributed by atoms with Crippen molar-refractivity contribution < 1.29 is 72.2 Å². The SMILES string of the molecule is CO[C@H]1C[C@H](O[C@H]2[C@H](C)O[C@@H](O[C@@H]3/C(C)=C/C[C@@H]4C[C@@H](C[C@]5(CO[C@H](c6ccccc6)CO5)O4)OC(=O)[C@@H]4C=C(C)[C@@H](O)[C@H]5OC/C(=C\C=C\[C@@H]3C)[C@]54O)C[C@@H]2OC)O[C@@H](C)[C@@H]1O. The Balaban J connectivity index is 1.06. The zero-order valence-electron chi connectivity index (χ0n) is 37.4. The summed E-state index contributed by atoms with van der Waals surface area (Å²) < 4.78 is 69.5. The molecule has 6 aliphatic heterocycles. The van der Waals surface area contributed by atoms with Gasteiger partial charge in [0.1, 0.15) is 54.7 Å². The molecule has 5 fully saturated rings. The number of carbonyl (C=O) groups excluding carboxylic acids is 1. The first-order chi connectivity index (χ1) is 30.2. The van der Waals surface area contributed by atoms with Crippen LogP contribution in [0.1, 0.15) is 78.4 Å². The summed E-state index contributed by atoms with van der Waals surface area (Å²) in [5.74, 6) is -3.14. The molecule has 0 aromatic heterocycles. The smallest absolute Gasteiger partial charge is 0.316 e. The topological polar surface area (TPSA) is 179 Å². The number of hydrogen-bond donors (Lipinski definition) is 3. The molecule has 6 heterocycles. The highest BCUT2D eigenvalue weighted by Crippen LogP contribution is 2.47. The van der Waals surface area contributed by atoms with E-state index in [1.807, 2.05) is 63.3 Å². The van der Waals surface area contributed by atoms with E-state index in [4.69, 9.17) is 52.1 Å². The molecule has 2 bridgehead atoms. The van der Waals surface area contributed by atoms with Crippen LogP contribution < -0.4 is 0 Å². The van der Waals surface area contributed by atoms with Gasteiger partial charge in [-0.25, -0.2) is 0 Å². The molecule has 1 aromatic carbocycles. The lowest BCUT2D eigenvalue weighted by Gasteiger charge is -2.47. The van der Waals surface area contributed by atoms with Gasteiger partial charge in [0.25, 0.3) is 0 Å². The lowest BCUT2D eigenvalue weighted by molar-refractivity contribution is -0.349. The molecule has 1 aromatic rings. The van der Waals surface area contributed by atoms with Gasteiger partial charge in [-0.15, -0.1) is 0 Å². The first-order valence-electron chi connectivity index (χ1n) is 22.5. The highest BCUT2D eigenvalue weighted by Gasteiger charge is 2.60. The van der Waals surface area contributed by atoms with Gasteiger partial charge < -0.3 is 67.4 Å². The zero-order valence-corrected chi connectivity index (χ0v) is 37.4. The molecule has 1 spiro atoms. The van der Waals surface area contributed by atoms with Crippen molar-refractivity contribution in [2.75, 3.05) is 34.0 Å². The number of carbonyl (C=O) groups is 1. The van der Waals surface area contributed by atoms with Crippen LogP contribution in [0.5, 0.6) is 0 Å². The van der Waals surface area contributed by atoms with Crippen molar-refractivity contribution in [2.24, 2.45) is 11.8 Å². The van der Waals surface area contributed by atoms with Gasteiger partial charge in [0.2, 0.25) is 0 Å². The quantitative estimate of drug-likeness (QED) is 0.257. The predicted molar refractivity (Wildman–Crippen MR) is 226 cm³/mol. The Morgan fingerprint density at radius 2 is 1.59 bits per heavy atom. The molecule has 0 saturated carbocycles. The molecule has 348 valence electrons. The maximum Gasteiger partial charge on any atom is 0.316 e. The second-order valence-corrected chi connectivity index (χ2v) is 18.4. The van der Waals surface area contributed by atoms with E-state index < -0.39 is 103 Å². The molecule has 5 saturated heterocycles. The number of fused-ring (bicyclic) bond motifs is 2. The molecular formula is C48H66O15. The zero-order chi connectivity index (χ0) is 44.6. The molecule has 8 rings (SSSR count). The Morgan fingerprint density at radius 1 is 0.857 bits per heavy atom. The number of allylic oxidation sites excluding steroid dienone is 2. The summed E-state index contributed by atoms with van der Waals surface area (Å²) in [6, 6.07) is 9.88. The lowest BCUT2D eigenvalue weighted by Crippen LogP contribution is -2.58. The fourth-order valence-corrected chi connectivity index (χ4v) is 10.4. The van der Waals surface area contributed by atoms with Crippen molar-refractivity contribution in [3.8, 4) is 0 Å². The minimum atomic E-state index is -1.85. The second-order valence-electron chi connectivity index (χ2n) is 18.4. The first kappa shape index (κ1) is 46.7. The molecule has 18 atom stereocenters. The minimum Gasteiger partial charge on any atom is -0.462 e. The van der Waals surface area contributed by atoms with Crippen LogP contribution >= 0.6 is 0 Å². The number of ether oxygens (including phenoxy) is 11. The summed E-state index contributed by atoms with van der Waals surface area (Å²) >= 11 is 0. The van der Waals surface area contributed by atoms with E-state index in [1.165, 1.54) is 0 Å². The van der Waals surface area contributed by atoms with E-state index in [9.17, 15) is 20.1 Å². The monoisotopic (exact) mass is 882 g/mol. The maximum atomic E-state index is 14.3. The van der Waals surface area contributed by atoms with Crippen LogP contribution in [0, 0.1) is 11.8 Å². The van der Waals surface area contributed by atoms with Gasteiger partial charge in [-0.05, 0) is 56.4 Å². The van der Waals surface area contributed by atoms with E-state index >= 15 is 0 Å². The maximum absolute atomic E-state index is 14.3. The van der Waals surface area contributed by atoms with Crippen LogP contribution in [-0.4, -0.2) is 146 Å². The number of hydrogen-bond acceptors (Lipinski definition) is 15. The Labute approximate surface area is 370 Å². The largest absolute Gasteiger partial charge is 0.462 e. The summed E-state index contributed by atoms with van der Waals surface area (Å²) in [5, 5.41) is 34.2. The van der Waals surface area contributed by atoms with Crippen LogP contribution in [0.15, 0.2) is 77.4 Å². The standard InChI is InChI=1S/C48H66O15/c1-26-12-11-15-32-23-55-45-41(49)28(3)18-35(48(32,45)52)46(51)60-34-19-33(63-47(22-34)25-56-38(24-57-47)31-13-9-8-10-14-31)17-16-27(2)43(26)61-40-21-37(54-7)44(30(5)59-40)62-39-20-36(53-6)42(50)29(4)58-39/h8-16,18,26,29-30,33-45,49-50,52H,17,19-25H2,1-7H3/b12-11+,27-16+,32-15+/t26-,29-,30-,33+,34-,35-,36-,37-,38-,39-,40-,41+,42-,43-,44-,45+,47+,48+/m0/s1. The number of esters is 1. The molecule has 1 aliphatic carbocycles. The normalized spacial score (nSPS) is 47.0. The van der Waals surface area contributed by atoms with Crippen molar-refractivity contribution in [3.05, 3.63) is 83.0 Å². The fourth-order valence-electron chi connectivity index (χ4n) is 10.4. The summed E-state index contributed by atoms with van der Waals surface area (Å²) in [6.45, 7) is 9.90. The van der Waals surface area contributed by atoms with E-state index in [2.05, 4.69) is 6.08 Å². The average molecular weight is 883 g/mol. The van der Waals surface area contributed by atoms with E-state index in [0.29, 0.717) is 36.8 Å². The van der Waals surface area contributed by atoms with Crippen molar-refractivity contribution >= 4 is 5.97 Å². The van der Waals surface area contributed by atoms with Crippen LogP contribution in [-0.2, 0) is 56.9 Å². The summed E-state index contributed by atoms with van der Waals surface area (Å²) in [5.41, 5.74) is 1.05. The van der Waals surface area contributed by atoms with E-state index in [-0.39, 0.29) is 38.3 Å². The van der Waals surface area contributed by atoms with Gasteiger partial charge in [-0.2, -0.15) is 0 Å². The average Bonchev–Trinajstić information content (AvgIpc) is 3.61. The van der Waals surface area contributed by atoms with Crippen LogP contribution in [0.3, 0.4) is 0 Å². The summed E-state index contributed by atoms with van der Waals surface area (Å²) in [6.07, 6.45) is 2.83. The van der Waals surface area contributed by atoms with E-state index in [1.54, 1.807) is 40.2 Å². The summed E-state index contributed by atoms with van der Waals surface area (Å²) in [7, 11) is 3.21. The van der Waals surface area contributed by atoms with Gasteiger partial charge >= 0.3 is 5.97 Å². The van der Waals surface area contributed by atoms with Crippen molar-refractivity contribution in [1.29, 1.82) is 0 Å². The second kappa shape index (κ2) is 19.5. The fraction of sp³-hybridized carbons (Fsp3) is 0.688. The number of rotatable bonds is 7. The third-order valence-corrected chi connectivity index (χ3v) is 14.0. The molecule has 0 amide bonds. The Morgan fingerprint density at radius 3 is 2.32 bits per heavy atom.